The van der Waals surface area contributed by atoms with Crippen LogP contribution in [0.25, 0.3) is 0 Å². The van der Waals surface area contributed by atoms with Crippen LogP contribution in [0.5, 0.6) is 0 Å². The number of nitrogens with one attached hydrogen (secondary N) is 1. The van der Waals surface area contributed by atoms with E-state index in [1.165, 1.54) is 4.90 Å². The third kappa shape index (κ3) is 2.91. The van der Waals surface area contributed by atoms with Crippen LogP contribution in [0.2, 0.25) is 0 Å². The largest absolute Gasteiger partial charge is 0.417 e. The van der Waals surface area contributed by atoms with E-state index < -0.39 is 24.6 Å². The number of carbonyl (C=O) groups is 1. The first-order chi connectivity index (χ1) is 10.4. The Morgan fingerprint density at radius 2 is 1.78 bits per heavy atom. The maximum atomic E-state index is 12.8. The predicted octanol–water partition coefficient (Wildman–Crippen LogP) is 2.29. The summed E-state index contributed by atoms with van der Waals surface area (Å²) >= 11 is 0. The molecule has 2 N–H and O–H groups in total. The van der Waals surface area contributed by atoms with E-state index in [1.54, 1.807) is 7.11 Å². The number of rotatable bonds is 2. The Hall–Kier alpha value is -1.02. The number of urea groups is 1. The Bertz CT molecular complexity index is 473. The second kappa shape index (κ2) is 5.51. The Morgan fingerprint density at radius 1 is 1.26 bits per heavy atom. The van der Waals surface area contributed by atoms with E-state index in [-0.39, 0.29) is 36.2 Å². The van der Waals surface area contributed by atoms with Crippen molar-refractivity contribution in [1.82, 2.24) is 10.2 Å². The van der Waals surface area contributed by atoms with Crippen molar-refractivity contribution < 1.29 is 27.8 Å². The van der Waals surface area contributed by atoms with Crippen LogP contribution in [-0.2, 0) is 4.74 Å². The van der Waals surface area contributed by atoms with Gasteiger partial charge in [-0.2, -0.15) is 13.2 Å². The molecule has 0 spiro atoms. The molecular weight excluding hydrogens is 313 g/mol. The molecule has 0 radical (unpaired) electrons. The van der Waals surface area contributed by atoms with Gasteiger partial charge in [-0.15, -0.1) is 0 Å². The van der Waals surface area contributed by atoms with Crippen LogP contribution < -0.4 is 5.32 Å². The van der Waals surface area contributed by atoms with E-state index in [0.29, 0.717) is 6.42 Å². The number of alkyl halides is 3. The van der Waals surface area contributed by atoms with E-state index in [4.69, 9.17) is 4.74 Å². The van der Waals surface area contributed by atoms with Gasteiger partial charge in [0.2, 0.25) is 0 Å². The first-order valence-electron chi connectivity index (χ1n) is 7.76. The maximum absolute atomic E-state index is 12.8. The van der Waals surface area contributed by atoms with Crippen molar-refractivity contribution in [2.45, 2.75) is 63.5 Å². The molecule has 0 bridgehead atoms. The number of methoxy groups -OCH3 is 1. The number of halogens is 3. The molecule has 0 aromatic rings. The van der Waals surface area contributed by atoms with Crippen molar-refractivity contribution in [2.24, 2.45) is 5.41 Å². The van der Waals surface area contributed by atoms with Gasteiger partial charge in [-0.25, -0.2) is 4.79 Å². The Balaban J connectivity index is 1.90. The average molecular weight is 338 g/mol. The molecule has 23 heavy (non-hydrogen) atoms. The number of hydrogen-bond donors (Lipinski definition) is 2. The second-order valence-electron chi connectivity index (χ2n) is 7.38. The summed E-state index contributed by atoms with van der Waals surface area (Å²) in [5, 5.41) is 12.5. The molecule has 2 fully saturated rings. The smallest absolute Gasteiger partial charge is 0.380 e. The number of aliphatic hydroxyl groups is 1. The number of piperidine rings is 1. The molecule has 0 aromatic carbocycles. The maximum Gasteiger partial charge on any atom is 0.417 e. The molecule has 2 aliphatic rings. The monoisotopic (exact) mass is 338 g/mol. The van der Waals surface area contributed by atoms with Crippen LogP contribution in [0.3, 0.4) is 0 Å². The summed E-state index contributed by atoms with van der Waals surface area (Å²) in [6.07, 6.45) is -4.99. The number of likely N-dealkylation sites (tertiary alicyclic amines) is 1. The van der Waals surface area contributed by atoms with Crippen LogP contribution in [0.15, 0.2) is 0 Å². The second-order valence-corrected chi connectivity index (χ2v) is 7.38. The minimum Gasteiger partial charge on any atom is -0.380 e. The van der Waals surface area contributed by atoms with Crippen LogP contribution in [0.1, 0.15) is 40.0 Å². The van der Waals surface area contributed by atoms with E-state index in [1.807, 2.05) is 20.8 Å². The normalized spacial score (nSPS) is 33.0. The highest BCUT2D eigenvalue weighted by Crippen LogP contribution is 2.51. The molecule has 0 aromatic heterocycles. The predicted molar refractivity (Wildman–Crippen MR) is 77.9 cm³/mol. The van der Waals surface area contributed by atoms with Gasteiger partial charge >= 0.3 is 12.2 Å². The van der Waals surface area contributed by atoms with Gasteiger partial charge in [0, 0.05) is 44.5 Å². The summed E-state index contributed by atoms with van der Waals surface area (Å²) in [7, 11) is 1.63. The van der Waals surface area contributed by atoms with E-state index in [0.717, 1.165) is 0 Å². The molecular formula is C15H25F3N2O3. The summed E-state index contributed by atoms with van der Waals surface area (Å²) in [5.74, 6) is 0. The number of hydrogen-bond acceptors (Lipinski definition) is 3. The molecule has 1 aliphatic heterocycles. The van der Waals surface area contributed by atoms with Crippen LogP contribution >= 0.6 is 0 Å². The average Bonchev–Trinajstić information content (AvgIpc) is 2.46. The molecule has 8 heteroatoms. The molecule has 1 heterocycles. The molecule has 5 nitrogen and oxygen atoms in total. The van der Waals surface area contributed by atoms with Gasteiger partial charge in [0.1, 0.15) is 0 Å². The van der Waals surface area contributed by atoms with Crippen molar-refractivity contribution in [3.05, 3.63) is 0 Å². The fourth-order valence-electron chi connectivity index (χ4n) is 3.33. The van der Waals surface area contributed by atoms with Crippen molar-refractivity contribution in [1.29, 1.82) is 0 Å². The van der Waals surface area contributed by atoms with Gasteiger partial charge in [-0.05, 0) is 13.3 Å². The van der Waals surface area contributed by atoms with Crippen molar-refractivity contribution in [2.75, 3.05) is 20.2 Å². The van der Waals surface area contributed by atoms with Crippen molar-refractivity contribution >= 4 is 6.03 Å². The molecule has 2 amide bonds. The molecule has 2 rings (SSSR count). The third-order valence-corrected chi connectivity index (χ3v) is 5.98. The summed E-state index contributed by atoms with van der Waals surface area (Å²) < 4.78 is 43.8. The minimum atomic E-state index is -4.66. The first-order valence-corrected chi connectivity index (χ1v) is 7.76. The topological polar surface area (TPSA) is 61.8 Å². The van der Waals surface area contributed by atoms with Crippen molar-refractivity contribution in [3.63, 3.8) is 0 Å². The third-order valence-electron chi connectivity index (χ3n) is 5.98. The number of nitrogens with zero attached hydrogens (tertiary/aromatic N) is 1. The number of carbonyl (C=O) groups excluding carboxylic acids is 1. The highest BCUT2D eigenvalue weighted by Gasteiger charge is 2.59. The van der Waals surface area contributed by atoms with Crippen molar-refractivity contribution in [3.8, 4) is 0 Å². The fraction of sp³-hybridized carbons (Fsp3) is 0.933. The standard InChI is InChI=1S/C15H25F3N2O3/c1-12(2)10(9-13(12,3)23-4)19-11(21)20-7-5-14(22,6-8-20)15(16,17)18/h10,22H,5-9H2,1-4H3,(H,19,21)/t10-,13-/m1/s1. The molecule has 1 aliphatic carbocycles. The summed E-state index contributed by atoms with van der Waals surface area (Å²) in [4.78, 5) is 13.6. The highest BCUT2D eigenvalue weighted by atomic mass is 19.4. The fourth-order valence-corrected chi connectivity index (χ4v) is 3.33. The number of amides is 2. The van der Waals surface area contributed by atoms with E-state index >= 15 is 0 Å². The summed E-state index contributed by atoms with van der Waals surface area (Å²) in [6.45, 7) is 5.72. The van der Waals surface area contributed by atoms with Gasteiger partial charge in [0.05, 0.1) is 5.60 Å². The molecule has 1 saturated heterocycles. The van der Waals surface area contributed by atoms with Gasteiger partial charge in [-0.3, -0.25) is 0 Å². The van der Waals surface area contributed by atoms with Gasteiger partial charge < -0.3 is 20.1 Å². The van der Waals surface area contributed by atoms with E-state index in [2.05, 4.69) is 5.32 Å². The van der Waals surface area contributed by atoms with E-state index in [9.17, 15) is 23.1 Å². The summed E-state index contributed by atoms with van der Waals surface area (Å²) in [6, 6.07) is -0.478. The zero-order valence-corrected chi connectivity index (χ0v) is 14.0. The zero-order chi connectivity index (χ0) is 17.7. The lowest BCUT2D eigenvalue weighted by Gasteiger charge is -2.59. The number of ether oxygens (including phenoxy) is 1. The Labute approximate surface area is 134 Å². The lowest BCUT2D eigenvalue weighted by Crippen LogP contribution is -2.69. The van der Waals surface area contributed by atoms with Gasteiger partial charge in [-0.1, -0.05) is 13.8 Å². The SMILES string of the molecule is CO[C@]1(C)C[C@@H](NC(=O)N2CCC(O)(C(F)(F)F)CC2)C1(C)C. The van der Waals surface area contributed by atoms with Crippen LogP contribution in [-0.4, -0.2) is 59.7 Å². The molecule has 2 atom stereocenters. The van der Waals surface area contributed by atoms with Gasteiger partial charge in [0.15, 0.2) is 5.60 Å². The molecule has 134 valence electrons. The lowest BCUT2D eigenvalue weighted by molar-refractivity contribution is -0.271. The molecule has 0 unspecified atom stereocenters. The quantitative estimate of drug-likeness (QED) is 0.812. The zero-order valence-electron chi connectivity index (χ0n) is 14.0. The van der Waals surface area contributed by atoms with Crippen LogP contribution in [0.4, 0.5) is 18.0 Å². The van der Waals surface area contributed by atoms with Crippen LogP contribution in [0, 0.1) is 5.41 Å². The molecule has 1 saturated carbocycles. The first kappa shape index (κ1) is 18.3. The Morgan fingerprint density at radius 3 is 2.17 bits per heavy atom. The minimum absolute atomic E-state index is 0.0941. The lowest BCUT2D eigenvalue weighted by atomic mass is 9.56. The Kier molecular flexibility index (Phi) is 4.39. The highest BCUT2D eigenvalue weighted by molar-refractivity contribution is 5.75. The summed E-state index contributed by atoms with van der Waals surface area (Å²) in [5.41, 5.74) is -3.28. The van der Waals surface area contributed by atoms with Gasteiger partial charge in [0.25, 0.3) is 0 Å².